The minimum absolute atomic E-state index is 0.836. The summed E-state index contributed by atoms with van der Waals surface area (Å²) in [5, 5.41) is 15.4. The summed E-state index contributed by atoms with van der Waals surface area (Å²) in [6, 6.07) is 120. The predicted octanol–water partition coefficient (Wildman–Crippen LogP) is 25.3. The van der Waals surface area contributed by atoms with Crippen molar-refractivity contribution in [1.82, 2.24) is 37.8 Å². The molecule has 0 fully saturated rings. The maximum Gasteiger partial charge on any atom is 0.160 e. The first-order valence-electron chi connectivity index (χ1n) is 36.3. The summed E-state index contributed by atoms with van der Waals surface area (Å²) in [4.78, 5) is 15.6. The maximum absolute atomic E-state index is 7.31. The van der Waals surface area contributed by atoms with Crippen LogP contribution in [-0.4, -0.2) is 37.8 Å². The van der Waals surface area contributed by atoms with Gasteiger partial charge in [0, 0.05) is 121 Å². The predicted molar refractivity (Wildman–Crippen MR) is 440 cm³/mol. The van der Waals surface area contributed by atoms with Crippen LogP contribution in [0.1, 0.15) is 0 Å². The van der Waals surface area contributed by atoms with Gasteiger partial charge in [-0.1, -0.05) is 218 Å². The summed E-state index contributed by atoms with van der Waals surface area (Å²) in [6.45, 7) is 0. The average molecular weight is 1370 g/mol. The van der Waals surface area contributed by atoms with E-state index < -0.39 is 0 Å². The lowest BCUT2D eigenvalue weighted by molar-refractivity contribution is 0.671. The van der Waals surface area contributed by atoms with E-state index in [9.17, 15) is 0 Å². The smallest absolute Gasteiger partial charge is 0.160 e. The molecule has 0 saturated carbocycles. The van der Waals surface area contributed by atoms with Crippen LogP contribution in [0.4, 0.5) is 0 Å². The molecule has 10 heteroatoms. The molecule has 0 saturated heterocycles. The Labute approximate surface area is 608 Å². The Bertz CT molecular complexity index is 7910. The van der Waals surface area contributed by atoms with Crippen LogP contribution in [0.3, 0.4) is 0 Å². The van der Waals surface area contributed by atoms with Crippen molar-refractivity contribution in [3.63, 3.8) is 0 Å². The molecule has 24 rings (SSSR count). The number of rotatable bonds is 8. The third kappa shape index (κ3) is 8.15. The van der Waals surface area contributed by atoms with E-state index in [1.165, 1.54) is 0 Å². The fraction of sp³-hybridized carbons (Fsp3) is 0. The highest BCUT2D eigenvalue weighted by atomic mass is 16.3. The van der Waals surface area contributed by atoms with E-state index in [-0.39, 0.29) is 0 Å². The lowest BCUT2D eigenvalue weighted by Gasteiger charge is -2.13. The molecule has 0 atom stereocenters. The highest BCUT2D eigenvalue weighted by Gasteiger charge is 2.31. The van der Waals surface area contributed by atoms with Crippen molar-refractivity contribution in [2.75, 3.05) is 0 Å². The summed E-state index contributed by atoms with van der Waals surface area (Å²) >= 11 is 0. The fourth-order valence-corrected chi connectivity index (χ4v) is 17.9. The lowest BCUT2D eigenvalue weighted by atomic mass is 9.99. The molecule has 0 amide bonds. The van der Waals surface area contributed by atoms with Gasteiger partial charge in [-0.2, -0.15) is 0 Å². The molecule has 10 nitrogen and oxygen atoms in total. The Morgan fingerprint density at radius 1 is 0.243 bits per heavy atom. The lowest BCUT2D eigenvalue weighted by Crippen LogP contribution is -1.98. The average Bonchev–Trinajstić information content (AvgIpc) is 1.52. The zero-order chi connectivity index (χ0) is 69.7. The van der Waals surface area contributed by atoms with Crippen molar-refractivity contribution in [1.29, 1.82) is 0 Å². The number of fused-ring (bicyclic) bond motifs is 28. The Kier molecular flexibility index (Phi) is 11.9. The largest absolute Gasteiger partial charge is 0.454 e. The third-order valence-electron chi connectivity index (χ3n) is 22.5. The van der Waals surface area contributed by atoms with Gasteiger partial charge in [-0.25, -0.2) is 9.97 Å². The molecular weight excluding hydrogens is 1310 g/mol. The van der Waals surface area contributed by atoms with Gasteiger partial charge in [-0.15, -0.1) is 0 Å². The van der Waals surface area contributed by atoms with E-state index in [1.807, 2.05) is 12.3 Å². The van der Waals surface area contributed by atoms with Crippen LogP contribution in [0.15, 0.2) is 349 Å². The first kappa shape index (κ1) is 58.0. The molecule has 15 aromatic carbocycles. The van der Waals surface area contributed by atoms with Crippen molar-refractivity contribution in [2.24, 2.45) is 0 Å². The normalized spacial score (nSPS) is 12.3. The zero-order valence-corrected chi connectivity index (χ0v) is 57.2. The van der Waals surface area contributed by atoms with Crippen LogP contribution in [-0.2, 0) is 0 Å². The van der Waals surface area contributed by atoms with Crippen LogP contribution in [0.5, 0.6) is 0 Å². The van der Waals surface area contributed by atoms with Crippen LogP contribution in [0, 0.1) is 0 Å². The number of hydrogen-bond acceptors (Lipinski definition) is 5. The van der Waals surface area contributed by atoms with Gasteiger partial charge in [0.15, 0.2) is 11.2 Å². The molecule has 9 heterocycles. The number of pyridine rings is 2. The Balaban J connectivity index is 0.735. The second-order valence-corrected chi connectivity index (χ2v) is 28.1. The van der Waals surface area contributed by atoms with Gasteiger partial charge in [0.1, 0.15) is 17.0 Å². The molecule has 496 valence electrons. The Morgan fingerprint density at radius 3 is 1.29 bits per heavy atom. The molecule has 107 heavy (non-hydrogen) atoms. The minimum Gasteiger partial charge on any atom is -0.454 e. The molecule has 9 aromatic heterocycles. The Hall–Kier alpha value is -14.6. The molecular formula is C97H56N8O2. The minimum atomic E-state index is 0.836. The summed E-state index contributed by atoms with van der Waals surface area (Å²) in [6.07, 6.45) is 1.85. The molecule has 0 aliphatic heterocycles. The highest BCUT2D eigenvalue weighted by molar-refractivity contribution is 6.41. The molecule has 0 unspecified atom stereocenters. The maximum atomic E-state index is 7.31. The number of para-hydroxylation sites is 7. The van der Waals surface area contributed by atoms with Gasteiger partial charge in [0.25, 0.3) is 0 Å². The van der Waals surface area contributed by atoms with Gasteiger partial charge in [-0.05, 0) is 126 Å². The van der Waals surface area contributed by atoms with Crippen LogP contribution >= 0.6 is 0 Å². The zero-order valence-electron chi connectivity index (χ0n) is 57.2. The second-order valence-electron chi connectivity index (χ2n) is 28.1. The number of imidazole rings is 1. The molecule has 0 aliphatic carbocycles. The molecule has 0 aliphatic rings. The summed E-state index contributed by atoms with van der Waals surface area (Å²) in [7, 11) is 0. The van der Waals surface area contributed by atoms with E-state index in [4.69, 9.17) is 23.8 Å². The first-order chi connectivity index (χ1) is 53.1. The van der Waals surface area contributed by atoms with Crippen LogP contribution in [0.25, 0.3) is 226 Å². The number of hydrogen-bond donors (Lipinski definition) is 0. The summed E-state index contributed by atoms with van der Waals surface area (Å²) in [5.41, 5.74) is 25.9. The topological polar surface area (TPSA) is 89.6 Å². The van der Waals surface area contributed by atoms with E-state index in [0.29, 0.717) is 0 Å². The summed E-state index contributed by atoms with van der Waals surface area (Å²) in [5.74, 6) is 0.887. The van der Waals surface area contributed by atoms with Crippen LogP contribution < -0.4 is 0 Å². The van der Waals surface area contributed by atoms with Gasteiger partial charge in [-0.3, -0.25) is 9.55 Å². The quantitative estimate of drug-likeness (QED) is 0.141. The van der Waals surface area contributed by atoms with Gasteiger partial charge in [0.2, 0.25) is 0 Å². The first-order valence-corrected chi connectivity index (χ1v) is 36.3. The molecule has 0 spiro atoms. The molecule has 24 aromatic rings. The van der Waals surface area contributed by atoms with Gasteiger partial charge in [0.05, 0.1) is 71.9 Å². The number of benzene rings is 15. The van der Waals surface area contributed by atoms with Crippen molar-refractivity contribution in [3.8, 4) is 62.2 Å². The van der Waals surface area contributed by atoms with Crippen molar-refractivity contribution >= 4 is 164 Å². The number of nitrogens with zero attached hydrogens (tertiary/aromatic N) is 8. The van der Waals surface area contributed by atoms with Gasteiger partial charge >= 0.3 is 0 Å². The number of furan rings is 2. The van der Waals surface area contributed by atoms with Gasteiger partial charge < -0.3 is 27.1 Å². The Morgan fingerprint density at radius 2 is 0.692 bits per heavy atom. The van der Waals surface area contributed by atoms with Crippen LogP contribution in [0.2, 0.25) is 0 Å². The van der Waals surface area contributed by atoms with Crippen molar-refractivity contribution < 1.29 is 8.83 Å². The molecule has 0 N–H and O–H groups in total. The fourth-order valence-electron chi connectivity index (χ4n) is 17.9. The SMILES string of the molecule is c1ccc(-c2nc3cc(-n4c5ccccc5c5c6c7ccccc7oc6c6c(c7ccccc7n6-c6ccc(-c7ccc8c9c%10c%11ccccc%11oc%10c%10c(c%11ccccc%11n%10-c%10ccccc%10)c9n(-c9ccc(-c%10ccc%11ccc%12cccnc%12c%11n%10)cc9)c8c7)cc6)c54)ccc3n2-c2ccccc2)cc1. The van der Waals surface area contributed by atoms with E-state index in [2.05, 4.69) is 350 Å². The van der Waals surface area contributed by atoms with E-state index >= 15 is 0 Å². The standard InChI is InChI=1S/C97H56N8O2/c1-4-21-61(22-5-1)97-100-75-56-67(50-53-79(75)105(97)64-26-8-3-9-27-64)104-76-33-15-10-28-68(76)83-85-72-31-13-18-36-81(72)106-95(85)94-88(92(83)104)70-30-12-17-35-78(70)102(94)65-46-40-57(41-47-65)62-44-51-71-80(55-62)103(66-48-42-58(43-49-66)74-52-45-60-39-38-59-23-20-54-98-89(59)90(60)99-74)91-84(71)86-73-32-14-19-37-82(73)107-96(86)93-87(91)69-29-11-16-34-77(69)101(93)63-24-6-2-7-25-63/h1-56H. The van der Waals surface area contributed by atoms with Crippen molar-refractivity contribution in [3.05, 3.63) is 340 Å². The third-order valence-corrected chi connectivity index (χ3v) is 22.5. The monoisotopic (exact) mass is 1360 g/mol. The number of aromatic nitrogens is 8. The highest BCUT2D eigenvalue weighted by Crippen LogP contribution is 2.53. The molecule has 0 bridgehead atoms. The van der Waals surface area contributed by atoms with Crippen molar-refractivity contribution in [2.45, 2.75) is 0 Å². The second kappa shape index (κ2) is 22.0. The molecule has 0 radical (unpaired) electrons. The summed E-state index contributed by atoms with van der Waals surface area (Å²) < 4.78 is 26.7. The van der Waals surface area contributed by atoms with E-state index in [0.717, 1.165) is 226 Å². The van der Waals surface area contributed by atoms with E-state index in [1.54, 1.807) is 0 Å².